The first-order valence-electron chi connectivity index (χ1n) is 38.1. The molecule has 0 aliphatic heterocycles. The zero-order valence-electron chi connectivity index (χ0n) is 61.7. The number of likely N-dealkylation sites (N-methyl/N-ethyl adjacent to an activating group) is 1. The van der Waals surface area contributed by atoms with Crippen molar-refractivity contribution in [1.82, 2.24) is 0 Å². The Kier molecular flexibility index (Phi) is 70.1. The standard InChI is InChI=1S/C86H140NO8P/c1-6-8-10-12-14-16-18-20-22-24-26-28-30-32-34-36-38-39-40-41-42-43-44-45-46-47-49-50-52-54-56-58-60-62-64-66-68-70-72-74-76-78-85(88)92-82-84(83-94-96(90,91)93-81-80-87(3,4)5)95-86(89)79-77-75-73-71-69-67-65-63-61-59-57-55-53-51-48-37-35-33-31-29-27-25-23-21-19-17-15-13-11-9-7-2/h8-11,14-17,20-23,26-29,32-35,38-39,41-42,48,51,55,57,61,63,67,69,84H,6-7,12-13,18-19,24-25,30-31,36-37,40,43-47,49-50,52-54,56,58-60,62,64-66,68,70-83H2,1-5H3/b10-8-,11-9-,16-14-,17-15-,22-20-,23-21-,28-26-,29-27-,34-32-,35-33-,39-38-,42-41-,51-48-,57-55-,63-61-,69-67-. The first kappa shape index (κ1) is 90.8. The van der Waals surface area contributed by atoms with Gasteiger partial charge in [-0.25, -0.2) is 0 Å². The summed E-state index contributed by atoms with van der Waals surface area (Å²) in [7, 11) is 1.12. The van der Waals surface area contributed by atoms with Gasteiger partial charge in [0, 0.05) is 12.8 Å². The summed E-state index contributed by atoms with van der Waals surface area (Å²) in [5, 5.41) is 0. The maximum Gasteiger partial charge on any atom is 0.306 e. The van der Waals surface area contributed by atoms with Crippen molar-refractivity contribution in [3.05, 3.63) is 194 Å². The van der Waals surface area contributed by atoms with Crippen LogP contribution in [0.4, 0.5) is 0 Å². The number of phosphoric acid groups is 1. The van der Waals surface area contributed by atoms with Gasteiger partial charge in [0.15, 0.2) is 6.10 Å². The summed E-state index contributed by atoms with van der Waals surface area (Å²) >= 11 is 0. The Morgan fingerprint density at radius 2 is 0.562 bits per heavy atom. The van der Waals surface area contributed by atoms with Gasteiger partial charge in [0.1, 0.15) is 19.8 Å². The van der Waals surface area contributed by atoms with Gasteiger partial charge in [-0.1, -0.05) is 324 Å². The molecule has 96 heavy (non-hydrogen) atoms. The number of hydrogen-bond acceptors (Lipinski definition) is 8. The first-order valence-corrected chi connectivity index (χ1v) is 39.6. The quantitative estimate of drug-likeness (QED) is 0.0195. The minimum absolute atomic E-state index is 0.0464. The molecule has 0 heterocycles. The second kappa shape index (κ2) is 74.1. The largest absolute Gasteiger partial charge is 0.756 e. The summed E-state index contributed by atoms with van der Waals surface area (Å²) in [4.78, 5) is 38.1. The highest BCUT2D eigenvalue weighted by molar-refractivity contribution is 7.45. The Labute approximate surface area is 590 Å². The number of allylic oxidation sites excluding steroid dienone is 32. The Morgan fingerprint density at radius 3 is 0.844 bits per heavy atom. The molecule has 0 aromatic heterocycles. The minimum atomic E-state index is -4.67. The average molecular weight is 1350 g/mol. The minimum Gasteiger partial charge on any atom is -0.756 e. The summed E-state index contributed by atoms with van der Waals surface area (Å²) < 4.78 is 34.3. The highest BCUT2D eigenvalue weighted by Gasteiger charge is 2.22. The van der Waals surface area contributed by atoms with E-state index in [1.54, 1.807) is 0 Å². The predicted molar refractivity (Wildman–Crippen MR) is 415 cm³/mol. The van der Waals surface area contributed by atoms with Crippen molar-refractivity contribution in [2.24, 2.45) is 0 Å². The molecule has 0 amide bonds. The molecule has 10 heteroatoms. The molecule has 542 valence electrons. The number of hydrogen-bond donors (Lipinski definition) is 0. The van der Waals surface area contributed by atoms with Crippen molar-refractivity contribution in [1.29, 1.82) is 0 Å². The summed E-state index contributed by atoms with van der Waals surface area (Å²) in [6.07, 6.45) is 115. The predicted octanol–water partition coefficient (Wildman–Crippen LogP) is 25.0. The second-order valence-electron chi connectivity index (χ2n) is 25.9. The van der Waals surface area contributed by atoms with E-state index in [4.69, 9.17) is 18.5 Å². The van der Waals surface area contributed by atoms with Crippen LogP contribution >= 0.6 is 7.82 Å². The summed E-state index contributed by atoms with van der Waals surface area (Å²) in [6.45, 7) is 3.97. The fourth-order valence-corrected chi connectivity index (χ4v) is 10.6. The van der Waals surface area contributed by atoms with E-state index in [2.05, 4.69) is 208 Å². The number of nitrogens with zero attached hydrogens (tertiary/aromatic N) is 1. The van der Waals surface area contributed by atoms with Crippen molar-refractivity contribution in [3.8, 4) is 0 Å². The van der Waals surface area contributed by atoms with Gasteiger partial charge in [0.25, 0.3) is 7.82 Å². The number of rotatable bonds is 68. The van der Waals surface area contributed by atoms with E-state index in [0.717, 1.165) is 141 Å². The Balaban J connectivity index is 4.08. The molecule has 0 aromatic carbocycles. The molecule has 0 fully saturated rings. The van der Waals surface area contributed by atoms with E-state index in [0.29, 0.717) is 17.4 Å². The van der Waals surface area contributed by atoms with Crippen molar-refractivity contribution in [2.75, 3.05) is 47.5 Å². The lowest BCUT2D eigenvalue weighted by atomic mass is 10.0. The lowest BCUT2D eigenvalue weighted by Crippen LogP contribution is -2.37. The number of quaternary nitrogens is 1. The number of ether oxygens (including phenoxy) is 2. The number of unbranched alkanes of at least 4 members (excludes halogenated alkanes) is 22. The van der Waals surface area contributed by atoms with E-state index in [9.17, 15) is 19.0 Å². The van der Waals surface area contributed by atoms with E-state index in [-0.39, 0.29) is 26.1 Å². The van der Waals surface area contributed by atoms with Crippen molar-refractivity contribution in [2.45, 2.75) is 290 Å². The molecule has 0 saturated heterocycles. The van der Waals surface area contributed by atoms with E-state index in [1.807, 2.05) is 21.1 Å². The van der Waals surface area contributed by atoms with Crippen LogP contribution in [0.5, 0.6) is 0 Å². The third kappa shape index (κ3) is 77.9. The second-order valence-corrected chi connectivity index (χ2v) is 27.3. The number of carbonyl (C=O) groups is 2. The van der Waals surface area contributed by atoms with Crippen LogP contribution in [-0.2, 0) is 32.7 Å². The van der Waals surface area contributed by atoms with Gasteiger partial charge in [-0.3, -0.25) is 14.2 Å². The third-order valence-electron chi connectivity index (χ3n) is 15.6. The van der Waals surface area contributed by atoms with Crippen LogP contribution in [0.1, 0.15) is 284 Å². The highest BCUT2D eigenvalue weighted by atomic mass is 31.2. The van der Waals surface area contributed by atoms with Gasteiger partial charge in [-0.2, -0.15) is 0 Å². The Morgan fingerprint density at radius 1 is 0.323 bits per heavy atom. The summed E-state index contributed by atoms with van der Waals surface area (Å²) in [6, 6.07) is 0. The maximum atomic E-state index is 12.9. The molecule has 0 aliphatic rings. The molecule has 0 spiro atoms. The fraction of sp³-hybridized carbons (Fsp3) is 0.605. The summed E-state index contributed by atoms with van der Waals surface area (Å²) in [5.41, 5.74) is 0. The van der Waals surface area contributed by atoms with Gasteiger partial charge in [-0.05, 0) is 141 Å². The lowest BCUT2D eigenvalue weighted by molar-refractivity contribution is -0.870. The normalized spacial score (nSPS) is 14.2. The van der Waals surface area contributed by atoms with Crippen molar-refractivity contribution in [3.63, 3.8) is 0 Å². The van der Waals surface area contributed by atoms with E-state index >= 15 is 0 Å². The molecule has 0 N–H and O–H groups in total. The molecule has 0 radical (unpaired) electrons. The molecule has 2 atom stereocenters. The van der Waals surface area contributed by atoms with Crippen LogP contribution in [0.3, 0.4) is 0 Å². The molecule has 2 unspecified atom stereocenters. The van der Waals surface area contributed by atoms with Crippen LogP contribution in [0.15, 0.2) is 194 Å². The molecule has 0 bridgehead atoms. The van der Waals surface area contributed by atoms with Crippen LogP contribution in [-0.4, -0.2) is 70.0 Å². The average Bonchev–Trinajstić information content (AvgIpc) is 1.97. The smallest absolute Gasteiger partial charge is 0.306 e. The Bertz CT molecular complexity index is 2330. The van der Waals surface area contributed by atoms with Gasteiger partial charge in [0.05, 0.1) is 27.7 Å². The lowest BCUT2D eigenvalue weighted by Gasteiger charge is -2.28. The monoisotopic (exact) mass is 1350 g/mol. The molecule has 0 rings (SSSR count). The molecule has 0 aliphatic carbocycles. The maximum absolute atomic E-state index is 12.9. The van der Waals surface area contributed by atoms with Crippen molar-refractivity contribution < 1.29 is 42.1 Å². The van der Waals surface area contributed by atoms with Crippen LogP contribution in [0.25, 0.3) is 0 Å². The molecule has 0 saturated carbocycles. The van der Waals surface area contributed by atoms with Crippen LogP contribution in [0, 0.1) is 0 Å². The molecule has 0 aromatic rings. The first-order chi connectivity index (χ1) is 47.0. The molecular formula is C86H140NO8P. The van der Waals surface area contributed by atoms with Crippen LogP contribution < -0.4 is 4.89 Å². The Hall–Kier alpha value is -5.15. The number of esters is 2. The zero-order chi connectivity index (χ0) is 69.7. The van der Waals surface area contributed by atoms with Gasteiger partial charge < -0.3 is 27.9 Å². The summed E-state index contributed by atoms with van der Waals surface area (Å²) in [5.74, 6) is -0.878. The SMILES string of the molecule is CC/C=C\C/C=C\C/C=C\C/C=C\C/C=C\C/C=C\C/C=C\C/C=C\C/C=C\CCCCCC(=O)OC(COC(=O)CCCCCCCCCCCCCCCCCCCCC/C=C\C/C=C\C/C=C\C/C=C\C/C=C\C/C=C\C/C=C\CC)COP(=O)([O-])OCC[N+](C)(C)C. The van der Waals surface area contributed by atoms with Gasteiger partial charge in [0.2, 0.25) is 0 Å². The topological polar surface area (TPSA) is 111 Å². The number of phosphoric ester groups is 1. The molecule has 9 nitrogen and oxygen atoms in total. The van der Waals surface area contributed by atoms with Gasteiger partial charge >= 0.3 is 11.9 Å². The highest BCUT2D eigenvalue weighted by Crippen LogP contribution is 2.38. The van der Waals surface area contributed by atoms with Crippen molar-refractivity contribution >= 4 is 19.8 Å². The van der Waals surface area contributed by atoms with Gasteiger partial charge in [-0.15, -0.1) is 0 Å². The zero-order valence-corrected chi connectivity index (χ0v) is 62.6. The van der Waals surface area contributed by atoms with Crippen LogP contribution in [0.2, 0.25) is 0 Å². The number of carbonyl (C=O) groups excluding carboxylic acids is 2. The van der Waals surface area contributed by atoms with E-state index < -0.39 is 32.5 Å². The third-order valence-corrected chi connectivity index (χ3v) is 16.6. The van der Waals surface area contributed by atoms with E-state index in [1.165, 1.54) is 109 Å². The fourth-order valence-electron chi connectivity index (χ4n) is 9.87. The molecular weight excluding hydrogens is 1210 g/mol.